The molecule has 1 amide bonds. The minimum atomic E-state index is -0.379. The Morgan fingerprint density at radius 2 is 1.88 bits per heavy atom. The summed E-state index contributed by atoms with van der Waals surface area (Å²) in [5.74, 6) is -0.379. The normalized spacial score (nSPS) is 10.7. The van der Waals surface area contributed by atoms with Crippen LogP contribution >= 0.6 is 0 Å². The summed E-state index contributed by atoms with van der Waals surface area (Å²) in [7, 11) is 0. The largest absolute Gasteiger partial charge is 0.390 e. The Morgan fingerprint density at radius 1 is 1.12 bits per heavy atom. The van der Waals surface area contributed by atoms with Crippen LogP contribution in [0.5, 0.6) is 0 Å². The number of carbonyl (C=O) groups is 1. The molecule has 0 aliphatic heterocycles. The van der Waals surface area contributed by atoms with Crippen LogP contribution in [0.2, 0.25) is 0 Å². The fourth-order valence-corrected chi connectivity index (χ4v) is 2.35. The van der Waals surface area contributed by atoms with Gasteiger partial charge in [0.15, 0.2) is 5.69 Å². The molecule has 0 unspecified atom stereocenters. The van der Waals surface area contributed by atoms with Gasteiger partial charge in [0.1, 0.15) is 5.69 Å². The SMILES string of the molecule is Cc1ccc(-n2nc(CO)c(C(=O)NCc3ccncc3)n2)cc1C. The van der Waals surface area contributed by atoms with Gasteiger partial charge in [0.2, 0.25) is 0 Å². The number of aliphatic hydroxyl groups is 1. The highest BCUT2D eigenvalue weighted by molar-refractivity contribution is 5.93. The van der Waals surface area contributed by atoms with Crippen LogP contribution in [0.4, 0.5) is 0 Å². The Labute approximate surface area is 145 Å². The summed E-state index contributed by atoms with van der Waals surface area (Å²) in [5, 5.41) is 20.8. The highest BCUT2D eigenvalue weighted by Gasteiger charge is 2.18. The average Bonchev–Trinajstić information content (AvgIpc) is 3.07. The van der Waals surface area contributed by atoms with E-state index >= 15 is 0 Å². The quantitative estimate of drug-likeness (QED) is 0.739. The topological polar surface area (TPSA) is 92.9 Å². The Morgan fingerprint density at radius 3 is 2.56 bits per heavy atom. The van der Waals surface area contributed by atoms with Crippen molar-refractivity contribution in [3.05, 3.63) is 70.8 Å². The number of nitrogens with zero attached hydrogens (tertiary/aromatic N) is 4. The third-order valence-corrected chi connectivity index (χ3v) is 3.97. The molecule has 2 N–H and O–H groups in total. The van der Waals surface area contributed by atoms with Gasteiger partial charge in [-0.25, -0.2) is 0 Å². The summed E-state index contributed by atoms with van der Waals surface area (Å²) < 4.78 is 0. The second-order valence-electron chi connectivity index (χ2n) is 5.75. The van der Waals surface area contributed by atoms with E-state index < -0.39 is 0 Å². The van der Waals surface area contributed by atoms with E-state index in [-0.39, 0.29) is 23.9 Å². The van der Waals surface area contributed by atoms with Gasteiger partial charge in [-0.3, -0.25) is 9.78 Å². The standard InChI is InChI=1S/C18H19N5O2/c1-12-3-4-15(9-13(12)2)23-21-16(11-24)17(22-23)18(25)20-10-14-5-7-19-8-6-14/h3-9,24H,10-11H2,1-2H3,(H,20,25). The Hall–Kier alpha value is -3.06. The van der Waals surface area contributed by atoms with Crippen molar-refractivity contribution in [1.29, 1.82) is 0 Å². The van der Waals surface area contributed by atoms with Crippen molar-refractivity contribution in [2.24, 2.45) is 0 Å². The molecule has 0 atom stereocenters. The van der Waals surface area contributed by atoms with Crippen molar-refractivity contribution < 1.29 is 9.90 Å². The summed E-state index contributed by atoms with van der Waals surface area (Å²) in [6.45, 7) is 4.01. The number of hydrogen-bond donors (Lipinski definition) is 2. The molecular formula is C18H19N5O2. The van der Waals surface area contributed by atoms with Gasteiger partial charge in [-0.1, -0.05) is 6.07 Å². The van der Waals surface area contributed by atoms with Crippen molar-refractivity contribution in [1.82, 2.24) is 25.3 Å². The third kappa shape index (κ3) is 3.72. The van der Waals surface area contributed by atoms with E-state index in [1.54, 1.807) is 12.4 Å². The number of carbonyl (C=O) groups excluding carboxylic acids is 1. The highest BCUT2D eigenvalue weighted by Crippen LogP contribution is 2.14. The molecule has 0 bridgehead atoms. The number of pyridine rings is 1. The molecule has 1 aromatic carbocycles. The van der Waals surface area contributed by atoms with Crippen molar-refractivity contribution in [3.63, 3.8) is 0 Å². The zero-order chi connectivity index (χ0) is 17.8. The highest BCUT2D eigenvalue weighted by atomic mass is 16.3. The lowest BCUT2D eigenvalue weighted by Gasteiger charge is -2.04. The third-order valence-electron chi connectivity index (χ3n) is 3.97. The predicted octanol–water partition coefficient (Wildman–Crippen LogP) is 1.70. The lowest BCUT2D eigenvalue weighted by molar-refractivity contribution is 0.0942. The van der Waals surface area contributed by atoms with Crippen LogP contribution in [-0.2, 0) is 13.2 Å². The summed E-state index contributed by atoms with van der Waals surface area (Å²) in [6, 6.07) is 9.42. The molecule has 0 aliphatic carbocycles. The second kappa shape index (κ2) is 7.23. The van der Waals surface area contributed by atoms with Gasteiger partial charge < -0.3 is 10.4 Å². The van der Waals surface area contributed by atoms with Gasteiger partial charge in [0, 0.05) is 18.9 Å². The van der Waals surface area contributed by atoms with Crippen LogP contribution < -0.4 is 5.32 Å². The maximum Gasteiger partial charge on any atom is 0.274 e. The fraction of sp³-hybridized carbons (Fsp3) is 0.222. The minimum Gasteiger partial charge on any atom is -0.390 e. The molecule has 2 aromatic heterocycles. The Bertz CT molecular complexity index is 890. The molecule has 0 radical (unpaired) electrons. The maximum absolute atomic E-state index is 12.4. The molecule has 3 rings (SSSR count). The number of amides is 1. The van der Waals surface area contributed by atoms with Gasteiger partial charge in [-0.15, -0.1) is 10.2 Å². The Kier molecular flexibility index (Phi) is 4.85. The number of hydrogen-bond acceptors (Lipinski definition) is 5. The van der Waals surface area contributed by atoms with Gasteiger partial charge >= 0.3 is 0 Å². The van der Waals surface area contributed by atoms with Gasteiger partial charge in [-0.05, 0) is 54.8 Å². The molecule has 0 saturated heterocycles. The van der Waals surface area contributed by atoms with Gasteiger partial charge in [0.25, 0.3) is 5.91 Å². The van der Waals surface area contributed by atoms with E-state index in [2.05, 4.69) is 20.5 Å². The van der Waals surface area contributed by atoms with Crippen LogP contribution in [0.3, 0.4) is 0 Å². The summed E-state index contributed by atoms with van der Waals surface area (Å²) in [4.78, 5) is 17.7. The van der Waals surface area contributed by atoms with Crippen LogP contribution in [0.25, 0.3) is 5.69 Å². The molecule has 0 aliphatic rings. The molecule has 0 fully saturated rings. The monoisotopic (exact) mass is 337 g/mol. The molecule has 128 valence electrons. The molecule has 0 saturated carbocycles. The first-order chi connectivity index (χ1) is 12.1. The molecule has 0 spiro atoms. The number of benzene rings is 1. The molecule has 3 aromatic rings. The van der Waals surface area contributed by atoms with Crippen molar-refractivity contribution in [2.45, 2.75) is 27.0 Å². The zero-order valence-electron chi connectivity index (χ0n) is 14.1. The first kappa shape index (κ1) is 16.8. The van der Waals surface area contributed by atoms with Crippen molar-refractivity contribution in [2.75, 3.05) is 0 Å². The second-order valence-corrected chi connectivity index (χ2v) is 5.75. The Balaban J connectivity index is 1.82. The van der Waals surface area contributed by atoms with E-state index in [9.17, 15) is 9.90 Å². The number of nitrogens with one attached hydrogen (secondary N) is 1. The lowest BCUT2D eigenvalue weighted by atomic mass is 10.1. The molecule has 2 heterocycles. The van der Waals surface area contributed by atoms with Crippen molar-refractivity contribution >= 4 is 5.91 Å². The molecular weight excluding hydrogens is 318 g/mol. The number of rotatable bonds is 5. The van der Waals surface area contributed by atoms with E-state index in [4.69, 9.17) is 0 Å². The van der Waals surface area contributed by atoms with Crippen LogP contribution in [0.15, 0.2) is 42.7 Å². The maximum atomic E-state index is 12.4. The molecule has 7 heteroatoms. The van der Waals surface area contributed by atoms with Crippen molar-refractivity contribution in [3.8, 4) is 5.69 Å². The first-order valence-electron chi connectivity index (χ1n) is 7.90. The lowest BCUT2D eigenvalue weighted by Crippen LogP contribution is -2.24. The van der Waals surface area contributed by atoms with E-state index in [0.29, 0.717) is 6.54 Å². The van der Waals surface area contributed by atoms with Crippen LogP contribution in [0.1, 0.15) is 32.9 Å². The number of aryl methyl sites for hydroxylation is 2. The summed E-state index contributed by atoms with van der Waals surface area (Å²) in [6.07, 6.45) is 3.33. The molecule has 25 heavy (non-hydrogen) atoms. The van der Waals surface area contributed by atoms with E-state index in [1.165, 1.54) is 4.80 Å². The van der Waals surface area contributed by atoms with Crippen LogP contribution in [0, 0.1) is 13.8 Å². The summed E-state index contributed by atoms with van der Waals surface area (Å²) in [5.41, 5.74) is 4.29. The first-order valence-corrected chi connectivity index (χ1v) is 7.90. The smallest absolute Gasteiger partial charge is 0.274 e. The van der Waals surface area contributed by atoms with E-state index in [0.717, 1.165) is 22.4 Å². The van der Waals surface area contributed by atoms with Crippen LogP contribution in [-0.4, -0.2) is 31.0 Å². The number of aromatic nitrogens is 4. The minimum absolute atomic E-state index is 0.120. The summed E-state index contributed by atoms with van der Waals surface area (Å²) >= 11 is 0. The van der Waals surface area contributed by atoms with E-state index in [1.807, 2.05) is 44.2 Å². The van der Waals surface area contributed by atoms with Gasteiger partial charge in [0.05, 0.1) is 12.3 Å². The zero-order valence-corrected chi connectivity index (χ0v) is 14.1. The number of aliphatic hydroxyl groups excluding tert-OH is 1. The fourth-order valence-electron chi connectivity index (χ4n) is 2.35. The predicted molar refractivity (Wildman–Crippen MR) is 92.2 cm³/mol. The average molecular weight is 337 g/mol. The molecule has 7 nitrogen and oxygen atoms in total. The van der Waals surface area contributed by atoms with Gasteiger partial charge in [-0.2, -0.15) is 4.80 Å².